The van der Waals surface area contributed by atoms with E-state index in [1.807, 2.05) is 43.4 Å². The second-order valence-electron chi connectivity index (χ2n) is 11.3. The van der Waals surface area contributed by atoms with E-state index >= 15 is 0 Å². The summed E-state index contributed by atoms with van der Waals surface area (Å²) in [6.45, 7) is 10.7. The van der Waals surface area contributed by atoms with Crippen LogP contribution in [0.15, 0.2) is 30.3 Å². The molecule has 0 bridgehead atoms. The first-order valence-corrected chi connectivity index (χ1v) is 13.4. The largest absolute Gasteiger partial charge is 0.391 e. The van der Waals surface area contributed by atoms with E-state index in [0.29, 0.717) is 18.2 Å². The van der Waals surface area contributed by atoms with Gasteiger partial charge in [0.1, 0.15) is 12.3 Å². The Morgan fingerprint density at radius 3 is 1.98 bits per heavy atom. The van der Waals surface area contributed by atoms with E-state index in [1.165, 1.54) is 16.7 Å². The van der Waals surface area contributed by atoms with E-state index in [-0.39, 0.29) is 56.8 Å². The van der Waals surface area contributed by atoms with Crippen LogP contribution in [0.5, 0.6) is 0 Å². The van der Waals surface area contributed by atoms with Crippen molar-refractivity contribution in [2.24, 2.45) is 17.3 Å². The molecule has 2 fully saturated rings. The molecule has 9 nitrogen and oxygen atoms in total. The predicted molar refractivity (Wildman–Crippen MR) is 152 cm³/mol. The van der Waals surface area contributed by atoms with Crippen molar-refractivity contribution in [1.29, 1.82) is 5.26 Å². The topological polar surface area (TPSA) is 123 Å². The van der Waals surface area contributed by atoms with Crippen molar-refractivity contribution < 1.29 is 32.3 Å². The van der Waals surface area contributed by atoms with Gasteiger partial charge in [-0.3, -0.25) is 14.4 Å². The van der Waals surface area contributed by atoms with Gasteiger partial charge in [-0.25, -0.2) is 0 Å². The highest BCUT2D eigenvalue weighted by Gasteiger charge is 2.41. The van der Waals surface area contributed by atoms with Crippen molar-refractivity contribution in [2.45, 2.75) is 66.1 Å². The van der Waals surface area contributed by atoms with Gasteiger partial charge in [-0.05, 0) is 36.8 Å². The molecule has 0 aliphatic carbocycles. The lowest BCUT2D eigenvalue weighted by molar-refractivity contribution is -0.186. The number of carbonyl (C=O) groups is 4. The number of aldehydes is 1. The number of alkyl halides is 3. The standard InChI is InChI=1S/C9H11N3O3.C8H12F3NO.C7H9N.C5H12/c10-2-8-1-7(5-13)4-12(8)9(15)3-11-6-14;1-6(13)12-4-2-7(3-5-12)8(9,10)11;1-8-7-5-3-2-4-6-7;1-5(2,3)4/h5-8H,1,3-4H2,(H,11,14);7H,2-5H2,1H3;2-6,8H,1H3;1-4H3. The molecule has 2 N–H and O–H groups in total. The summed E-state index contributed by atoms with van der Waals surface area (Å²) in [6.07, 6.45) is -2.45. The van der Waals surface area contributed by atoms with Gasteiger partial charge in [0.05, 0.1) is 18.5 Å². The van der Waals surface area contributed by atoms with Crippen molar-refractivity contribution in [1.82, 2.24) is 15.1 Å². The Kier molecular flexibility index (Phi) is 17.0. The minimum Gasteiger partial charge on any atom is -0.388 e. The maximum Gasteiger partial charge on any atom is 0.391 e. The summed E-state index contributed by atoms with van der Waals surface area (Å²) in [6, 6.07) is 11.5. The highest BCUT2D eigenvalue weighted by molar-refractivity contribution is 5.81. The molecule has 2 saturated heterocycles. The molecule has 0 radical (unpaired) electrons. The molecule has 1 aromatic rings. The zero-order valence-corrected chi connectivity index (χ0v) is 24.8. The Bertz CT molecular complexity index is 963. The monoisotopic (exact) mass is 583 g/mol. The lowest BCUT2D eigenvalue weighted by atomic mass is 9.96. The van der Waals surface area contributed by atoms with Crippen LogP contribution in [0.25, 0.3) is 0 Å². The molecular formula is C29H44F3N5O4. The van der Waals surface area contributed by atoms with Gasteiger partial charge < -0.3 is 25.2 Å². The summed E-state index contributed by atoms with van der Waals surface area (Å²) in [5.41, 5.74) is 1.66. The number of hydrogen-bond acceptors (Lipinski definition) is 6. The summed E-state index contributed by atoms with van der Waals surface area (Å²) < 4.78 is 36.5. The van der Waals surface area contributed by atoms with Crippen LogP contribution < -0.4 is 10.6 Å². The zero-order chi connectivity index (χ0) is 31.6. The zero-order valence-electron chi connectivity index (χ0n) is 24.8. The molecule has 3 amide bonds. The van der Waals surface area contributed by atoms with Crippen molar-refractivity contribution in [2.75, 3.05) is 38.5 Å². The van der Waals surface area contributed by atoms with Crippen molar-refractivity contribution >= 4 is 30.2 Å². The average Bonchev–Trinajstić information content (AvgIpc) is 3.35. The second kappa shape index (κ2) is 18.7. The number of halogens is 3. The fourth-order valence-corrected chi connectivity index (χ4v) is 3.72. The molecule has 2 unspecified atom stereocenters. The van der Waals surface area contributed by atoms with E-state index in [9.17, 15) is 32.3 Å². The van der Waals surface area contributed by atoms with E-state index in [0.717, 1.165) is 12.0 Å². The van der Waals surface area contributed by atoms with Gasteiger partial charge in [0.25, 0.3) is 0 Å². The quantitative estimate of drug-likeness (QED) is 0.500. The molecule has 1 aromatic carbocycles. The van der Waals surface area contributed by atoms with Crippen molar-refractivity contribution in [3.05, 3.63) is 30.3 Å². The number of likely N-dealkylation sites (tertiary alicyclic amines) is 2. The number of hydrogen-bond donors (Lipinski definition) is 2. The molecule has 2 aliphatic rings. The minimum absolute atomic E-state index is 0.0447. The first-order valence-electron chi connectivity index (χ1n) is 13.4. The van der Waals surface area contributed by atoms with Gasteiger partial charge in [0.2, 0.25) is 18.2 Å². The Hall–Kier alpha value is -3.62. The van der Waals surface area contributed by atoms with Gasteiger partial charge in [-0.2, -0.15) is 18.4 Å². The van der Waals surface area contributed by atoms with Gasteiger partial charge in [-0.15, -0.1) is 0 Å². The SMILES string of the molecule is CC(=O)N1CCC(C(F)(F)F)CC1.CC(C)(C)C.CNc1ccccc1.N#CC1CC(C=O)CN1C(=O)CNC=O. The van der Waals surface area contributed by atoms with Crippen LogP contribution in [0, 0.1) is 28.6 Å². The molecule has 0 saturated carbocycles. The van der Waals surface area contributed by atoms with E-state index in [2.05, 4.69) is 38.3 Å². The summed E-state index contributed by atoms with van der Waals surface area (Å²) in [5.74, 6) is -1.96. The first-order chi connectivity index (χ1) is 19.1. The number of nitriles is 1. The Morgan fingerprint density at radius 2 is 1.61 bits per heavy atom. The predicted octanol–water partition coefficient (Wildman–Crippen LogP) is 4.26. The molecular weight excluding hydrogens is 539 g/mol. The third-order valence-corrected chi connectivity index (χ3v) is 5.80. The van der Waals surface area contributed by atoms with E-state index < -0.39 is 18.1 Å². The molecule has 0 spiro atoms. The van der Waals surface area contributed by atoms with E-state index in [4.69, 9.17) is 5.26 Å². The maximum absolute atomic E-state index is 12.2. The summed E-state index contributed by atoms with van der Waals surface area (Å²) in [7, 11) is 1.91. The summed E-state index contributed by atoms with van der Waals surface area (Å²) in [5, 5.41) is 14.0. The number of rotatable bonds is 5. The van der Waals surface area contributed by atoms with Crippen LogP contribution in [0.4, 0.5) is 18.9 Å². The fourth-order valence-electron chi connectivity index (χ4n) is 3.72. The van der Waals surface area contributed by atoms with Gasteiger partial charge >= 0.3 is 6.18 Å². The molecule has 2 heterocycles. The normalized spacial score (nSPS) is 18.5. The lowest BCUT2D eigenvalue weighted by Gasteiger charge is -2.32. The minimum atomic E-state index is -4.09. The number of para-hydroxylation sites is 1. The van der Waals surface area contributed by atoms with Crippen LogP contribution in [0.2, 0.25) is 0 Å². The molecule has 12 heteroatoms. The molecule has 41 heavy (non-hydrogen) atoms. The van der Waals surface area contributed by atoms with Gasteiger partial charge in [0.15, 0.2) is 0 Å². The van der Waals surface area contributed by atoms with Gasteiger partial charge in [-0.1, -0.05) is 45.9 Å². The molecule has 2 atom stereocenters. The summed E-state index contributed by atoms with van der Waals surface area (Å²) >= 11 is 0. The third kappa shape index (κ3) is 16.9. The highest BCUT2D eigenvalue weighted by Crippen LogP contribution is 2.34. The third-order valence-electron chi connectivity index (χ3n) is 5.80. The Balaban J connectivity index is 0.000000558. The maximum atomic E-state index is 12.2. The number of nitrogens with zero attached hydrogens (tertiary/aromatic N) is 3. The number of piperidine rings is 1. The van der Waals surface area contributed by atoms with E-state index in [1.54, 1.807) is 0 Å². The lowest BCUT2D eigenvalue weighted by Crippen LogP contribution is -2.41. The molecule has 230 valence electrons. The molecule has 2 aliphatic heterocycles. The fraction of sp³-hybridized carbons (Fsp3) is 0.621. The highest BCUT2D eigenvalue weighted by atomic mass is 19.4. The van der Waals surface area contributed by atoms with Crippen molar-refractivity contribution in [3.8, 4) is 6.07 Å². The van der Waals surface area contributed by atoms with Crippen LogP contribution in [0.3, 0.4) is 0 Å². The Morgan fingerprint density at radius 1 is 1.07 bits per heavy atom. The van der Waals surface area contributed by atoms with Crippen LogP contribution in [-0.4, -0.2) is 79.8 Å². The molecule has 0 aromatic heterocycles. The number of carbonyl (C=O) groups excluding carboxylic acids is 4. The average molecular weight is 584 g/mol. The first kappa shape index (κ1) is 37.4. The summed E-state index contributed by atoms with van der Waals surface area (Å²) in [4.78, 5) is 45.6. The van der Waals surface area contributed by atoms with Crippen LogP contribution in [0.1, 0.15) is 53.9 Å². The Labute approximate surface area is 241 Å². The smallest absolute Gasteiger partial charge is 0.388 e. The number of anilines is 1. The molecule has 3 rings (SSSR count). The number of nitrogens with one attached hydrogen (secondary N) is 2. The number of benzene rings is 1. The van der Waals surface area contributed by atoms with Crippen LogP contribution >= 0.6 is 0 Å². The van der Waals surface area contributed by atoms with Crippen molar-refractivity contribution in [3.63, 3.8) is 0 Å². The van der Waals surface area contributed by atoms with Crippen LogP contribution in [-0.2, 0) is 19.2 Å². The van der Waals surface area contributed by atoms with Gasteiger partial charge in [0, 0.05) is 45.2 Å². The second-order valence-corrected chi connectivity index (χ2v) is 11.3. The number of amides is 3.